The van der Waals surface area contributed by atoms with Crippen LogP contribution in [0.3, 0.4) is 0 Å². The molecule has 0 aliphatic carbocycles. The van der Waals surface area contributed by atoms with Crippen LogP contribution in [0.1, 0.15) is 82.6 Å². The Morgan fingerprint density at radius 3 is 2.46 bits per heavy atom. The summed E-state index contributed by atoms with van der Waals surface area (Å²) in [7, 11) is 0. The second kappa shape index (κ2) is 11.0. The van der Waals surface area contributed by atoms with Gasteiger partial charge in [-0.2, -0.15) is 0 Å². The summed E-state index contributed by atoms with van der Waals surface area (Å²) in [5.74, 6) is 0.0502. The van der Waals surface area contributed by atoms with Gasteiger partial charge in [0.25, 0.3) is 5.91 Å². The van der Waals surface area contributed by atoms with Crippen molar-refractivity contribution in [3.8, 4) is 0 Å². The van der Waals surface area contributed by atoms with Crippen LogP contribution in [-0.2, 0) is 9.47 Å². The fourth-order valence-electron chi connectivity index (χ4n) is 4.48. The highest BCUT2D eigenvalue weighted by Gasteiger charge is 2.54. The molecular weight excluding hydrogens is 444 g/mol. The summed E-state index contributed by atoms with van der Waals surface area (Å²) < 4.78 is 11.7. The van der Waals surface area contributed by atoms with Gasteiger partial charge >= 0.3 is 0 Å². The maximum Gasteiger partial charge on any atom is 0.254 e. The van der Waals surface area contributed by atoms with E-state index in [4.69, 9.17) is 9.47 Å². The van der Waals surface area contributed by atoms with Crippen LogP contribution in [0.25, 0.3) is 0 Å². The number of nitroso groups, excluding NO2 is 1. The second-order valence-corrected chi connectivity index (χ2v) is 10.6. The molecule has 7 heteroatoms. The Balaban J connectivity index is 1.57. The number of ether oxygens (including phenoxy) is 2. The second-order valence-electron chi connectivity index (χ2n) is 10.6. The van der Waals surface area contributed by atoms with Gasteiger partial charge in [-0.05, 0) is 89.3 Å². The molecule has 1 amide bonds. The van der Waals surface area contributed by atoms with Crippen molar-refractivity contribution in [3.63, 3.8) is 0 Å². The summed E-state index contributed by atoms with van der Waals surface area (Å²) in [5.41, 5.74) is 2.43. The van der Waals surface area contributed by atoms with Crippen molar-refractivity contribution in [1.29, 1.82) is 0 Å². The lowest BCUT2D eigenvalue weighted by molar-refractivity contribution is 0.0789. The van der Waals surface area contributed by atoms with E-state index in [9.17, 15) is 14.8 Å². The van der Waals surface area contributed by atoms with Crippen molar-refractivity contribution in [2.45, 2.75) is 97.1 Å². The van der Waals surface area contributed by atoms with Crippen molar-refractivity contribution in [2.75, 3.05) is 13.1 Å². The zero-order chi connectivity index (χ0) is 25.8. The normalized spacial score (nSPS) is 25.3. The molecule has 35 heavy (non-hydrogen) atoms. The Bertz CT molecular complexity index is 999. The Morgan fingerprint density at radius 2 is 1.83 bits per heavy atom. The van der Waals surface area contributed by atoms with Gasteiger partial charge in [0.05, 0.1) is 29.2 Å². The van der Waals surface area contributed by atoms with E-state index in [2.05, 4.69) is 38.9 Å². The van der Waals surface area contributed by atoms with E-state index in [1.54, 1.807) is 36.1 Å². The summed E-state index contributed by atoms with van der Waals surface area (Å²) in [5, 5.41) is 12.9. The van der Waals surface area contributed by atoms with Crippen molar-refractivity contribution < 1.29 is 19.4 Å². The molecule has 192 valence electrons. The van der Waals surface area contributed by atoms with E-state index in [1.165, 1.54) is 5.57 Å². The van der Waals surface area contributed by atoms with Gasteiger partial charge in [-0.3, -0.25) is 4.79 Å². The highest BCUT2D eigenvalue weighted by Crippen LogP contribution is 2.47. The third kappa shape index (κ3) is 7.01. The Hall–Kier alpha value is -2.51. The minimum Gasteiger partial charge on any atom is -0.513 e. The Labute approximate surface area is 209 Å². The highest BCUT2D eigenvalue weighted by atomic mass is 16.6. The number of hydrogen-bond donors (Lipinski definition) is 1. The first-order valence-corrected chi connectivity index (χ1v) is 12.6. The van der Waals surface area contributed by atoms with Crippen LogP contribution in [0.15, 0.2) is 46.9 Å². The number of allylic oxidation sites excluding steroid dienone is 2. The molecule has 2 heterocycles. The summed E-state index contributed by atoms with van der Waals surface area (Å²) in [6, 6.07) is 4.97. The molecule has 1 aromatic rings. The SMILES string of the molecule is CC/C(O)=C\CN(C/C=C(\C)CCC1OC1(C)CCC1OC1(C)C)C(=O)c1cccc(N=O)c1C. The van der Waals surface area contributed by atoms with Crippen LogP contribution in [-0.4, -0.2) is 52.4 Å². The summed E-state index contributed by atoms with van der Waals surface area (Å²) >= 11 is 0. The number of aliphatic hydroxyl groups is 1. The monoisotopic (exact) mass is 484 g/mol. The van der Waals surface area contributed by atoms with E-state index < -0.39 is 0 Å². The zero-order valence-corrected chi connectivity index (χ0v) is 22.0. The van der Waals surface area contributed by atoms with Gasteiger partial charge in [0.2, 0.25) is 0 Å². The van der Waals surface area contributed by atoms with Gasteiger partial charge in [-0.25, -0.2) is 0 Å². The third-order valence-electron chi connectivity index (χ3n) is 7.39. The van der Waals surface area contributed by atoms with E-state index in [1.807, 2.05) is 6.92 Å². The van der Waals surface area contributed by atoms with Crippen LogP contribution in [0.5, 0.6) is 0 Å². The Morgan fingerprint density at radius 1 is 1.14 bits per heavy atom. The molecule has 0 spiro atoms. The largest absolute Gasteiger partial charge is 0.513 e. The van der Waals surface area contributed by atoms with Crippen LogP contribution >= 0.6 is 0 Å². The number of carbonyl (C=O) groups is 1. The maximum absolute atomic E-state index is 13.3. The van der Waals surface area contributed by atoms with Crippen LogP contribution in [0.4, 0.5) is 5.69 Å². The lowest BCUT2D eigenvalue weighted by Crippen LogP contribution is -2.32. The molecule has 2 saturated heterocycles. The van der Waals surface area contributed by atoms with E-state index in [-0.39, 0.29) is 41.2 Å². The number of epoxide rings is 2. The van der Waals surface area contributed by atoms with Gasteiger partial charge < -0.3 is 19.5 Å². The maximum atomic E-state index is 13.3. The van der Waals surface area contributed by atoms with Crippen molar-refractivity contribution in [1.82, 2.24) is 4.90 Å². The first-order valence-electron chi connectivity index (χ1n) is 12.6. The molecule has 7 nitrogen and oxygen atoms in total. The molecule has 2 aliphatic heterocycles. The fraction of sp³-hybridized carbons (Fsp3) is 0.607. The summed E-state index contributed by atoms with van der Waals surface area (Å²) in [4.78, 5) is 26.0. The van der Waals surface area contributed by atoms with Crippen LogP contribution < -0.4 is 0 Å². The number of amides is 1. The number of rotatable bonds is 13. The molecule has 0 radical (unpaired) electrons. The number of aliphatic hydroxyl groups excluding tert-OH is 1. The predicted molar refractivity (Wildman–Crippen MR) is 138 cm³/mol. The minimum atomic E-state index is -0.194. The highest BCUT2D eigenvalue weighted by molar-refractivity contribution is 5.97. The molecule has 2 aliphatic rings. The molecule has 0 aromatic heterocycles. The standard InChI is InChI=1S/C28H40N2O5/c1-7-21(31)15-18-30(26(32)22-9-8-10-23(29-33)20(22)3)17-14-19(2)11-12-25-28(6,35-25)16-13-24-27(4,5)34-24/h8-10,14-15,24-25,31H,7,11-13,16-18H2,1-6H3/b19-14+,21-15+. The number of nitrogens with zero attached hydrogens (tertiary/aromatic N) is 2. The number of carbonyl (C=O) groups excluding carboxylic acids is 1. The van der Waals surface area contributed by atoms with Crippen molar-refractivity contribution in [2.24, 2.45) is 5.18 Å². The first-order chi connectivity index (χ1) is 16.5. The van der Waals surface area contributed by atoms with Crippen LogP contribution in [0.2, 0.25) is 0 Å². The predicted octanol–water partition coefficient (Wildman–Crippen LogP) is 6.53. The van der Waals surface area contributed by atoms with Gasteiger partial charge in [-0.1, -0.05) is 24.6 Å². The van der Waals surface area contributed by atoms with Crippen LogP contribution in [0, 0.1) is 11.8 Å². The Kier molecular flexibility index (Phi) is 8.54. The molecule has 3 rings (SSSR count). The van der Waals surface area contributed by atoms with Gasteiger partial charge in [0.15, 0.2) is 0 Å². The van der Waals surface area contributed by atoms with Crippen molar-refractivity contribution >= 4 is 11.6 Å². The smallest absolute Gasteiger partial charge is 0.254 e. The molecule has 3 atom stereocenters. The molecule has 0 bridgehead atoms. The lowest BCUT2D eigenvalue weighted by atomic mass is 9.94. The van der Waals surface area contributed by atoms with Gasteiger partial charge in [0, 0.05) is 25.1 Å². The quantitative estimate of drug-likeness (QED) is 0.149. The number of benzene rings is 1. The molecular formula is C28H40N2O5. The average molecular weight is 485 g/mol. The lowest BCUT2D eigenvalue weighted by Gasteiger charge is -2.21. The minimum absolute atomic E-state index is 0.0239. The number of hydrogen-bond acceptors (Lipinski definition) is 6. The van der Waals surface area contributed by atoms with E-state index >= 15 is 0 Å². The summed E-state index contributed by atoms with van der Waals surface area (Å²) in [6.45, 7) is 12.8. The zero-order valence-electron chi connectivity index (χ0n) is 22.0. The molecule has 1 N–H and O–H groups in total. The molecule has 0 saturated carbocycles. The van der Waals surface area contributed by atoms with E-state index in [0.29, 0.717) is 30.2 Å². The first kappa shape index (κ1) is 27.1. The van der Waals surface area contributed by atoms with Crippen molar-refractivity contribution in [3.05, 3.63) is 57.7 Å². The molecule has 3 unspecified atom stereocenters. The fourth-order valence-corrected chi connectivity index (χ4v) is 4.48. The average Bonchev–Trinajstić information content (AvgIpc) is 3.68. The molecule has 2 fully saturated rings. The van der Waals surface area contributed by atoms with Gasteiger partial charge in [0.1, 0.15) is 5.69 Å². The third-order valence-corrected chi connectivity index (χ3v) is 7.39. The summed E-state index contributed by atoms with van der Waals surface area (Å²) in [6.07, 6.45) is 8.72. The van der Waals surface area contributed by atoms with Gasteiger partial charge in [-0.15, -0.1) is 4.91 Å². The van der Waals surface area contributed by atoms with E-state index in [0.717, 1.165) is 25.7 Å². The topological polar surface area (TPSA) is 95.0 Å². The molecule has 1 aromatic carbocycles.